The van der Waals surface area contributed by atoms with Crippen LogP contribution >= 0.6 is 0 Å². The first-order valence-electron chi connectivity index (χ1n) is 11.8. The van der Waals surface area contributed by atoms with E-state index < -0.39 is 0 Å². The number of ether oxygens (including phenoxy) is 3. The topological polar surface area (TPSA) is 124 Å². The number of nitriles is 1. The SMILES string of the molecule is COc1cc(C(=O)N(C)C)ncc1-c1cc2nccc(-c3ccc(OC4CCOCC4)c(C#N)n3)c2o1. The number of amides is 1. The second kappa shape index (κ2) is 10.2. The summed E-state index contributed by atoms with van der Waals surface area (Å²) in [6.45, 7) is 1.28. The van der Waals surface area contributed by atoms with Crippen molar-refractivity contribution in [3.05, 3.63) is 54.1 Å². The second-order valence-corrected chi connectivity index (χ2v) is 8.74. The van der Waals surface area contributed by atoms with E-state index in [9.17, 15) is 10.1 Å². The zero-order chi connectivity index (χ0) is 25.9. The number of rotatable bonds is 6. The molecular formula is C27H25N5O5. The van der Waals surface area contributed by atoms with Gasteiger partial charge in [0.15, 0.2) is 17.0 Å². The zero-order valence-corrected chi connectivity index (χ0v) is 20.7. The summed E-state index contributed by atoms with van der Waals surface area (Å²) in [5, 5.41) is 9.74. The quantitative estimate of drug-likeness (QED) is 0.386. The number of fused-ring (bicyclic) bond motifs is 1. The summed E-state index contributed by atoms with van der Waals surface area (Å²) in [6.07, 6.45) is 4.74. The van der Waals surface area contributed by atoms with Crippen molar-refractivity contribution in [2.45, 2.75) is 18.9 Å². The van der Waals surface area contributed by atoms with Crippen LogP contribution in [0.4, 0.5) is 0 Å². The Morgan fingerprint density at radius 3 is 2.65 bits per heavy atom. The van der Waals surface area contributed by atoms with Crippen LogP contribution < -0.4 is 9.47 Å². The molecular weight excluding hydrogens is 474 g/mol. The second-order valence-electron chi connectivity index (χ2n) is 8.74. The smallest absolute Gasteiger partial charge is 0.272 e. The Labute approximate surface area is 213 Å². The van der Waals surface area contributed by atoms with E-state index in [-0.39, 0.29) is 23.4 Å². The van der Waals surface area contributed by atoms with Gasteiger partial charge in [-0.3, -0.25) is 14.8 Å². The lowest BCUT2D eigenvalue weighted by atomic mass is 10.1. The Morgan fingerprint density at radius 2 is 1.92 bits per heavy atom. The lowest BCUT2D eigenvalue weighted by Crippen LogP contribution is -2.26. The van der Waals surface area contributed by atoms with E-state index in [0.717, 1.165) is 12.8 Å². The predicted molar refractivity (Wildman–Crippen MR) is 134 cm³/mol. The van der Waals surface area contributed by atoms with Gasteiger partial charge in [-0.1, -0.05) is 0 Å². The van der Waals surface area contributed by atoms with Crippen molar-refractivity contribution in [3.8, 4) is 40.1 Å². The van der Waals surface area contributed by atoms with Gasteiger partial charge >= 0.3 is 0 Å². The van der Waals surface area contributed by atoms with Crippen molar-refractivity contribution >= 4 is 17.0 Å². The molecule has 0 aromatic carbocycles. The van der Waals surface area contributed by atoms with Gasteiger partial charge in [0.25, 0.3) is 5.91 Å². The number of pyridine rings is 3. The first kappa shape index (κ1) is 24.2. The van der Waals surface area contributed by atoms with Crippen molar-refractivity contribution in [3.63, 3.8) is 0 Å². The number of furan rings is 1. The number of aromatic nitrogens is 3. The minimum atomic E-state index is -0.234. The Bertz CT molecular complexity index is 1500. The van der Waals surface area contributed by atoms with Crippen LogP contribution in [0.3, 0.4) is 0 Å². The normalized spacial score (nSPS) is 13.8. The molecule has 1 aliphatic heterocycles. The van der Waals surface area contributed by atoms with E-state index in [4.69, 9.17) is 18.6 Å². The highest BCUT2D eigenvalue weighted by molar-refractivity contribution is 5.94. The molecule has 1 saturated heterocycles. The van der Waals surface area contributed by atoms with Crippen molar-refractivity contribution < 1.29 is 23.4 Å². The molecule has 5 heterocycles. The van der Waals surface area contributed by atoms with Crippen LogP contribution in [-0.4, -0.2) is 66.3 Å². The van der Waals surface area contributed by atoms with E-state index in [2.05, 4.69) is 21.0 Å². The van der Waals surface area contributed by atoms with Crippen LogP contribution in [0.25, 0.3) is 33.7 Å². The highest BCUT2D eigenvalue weighted by atomic mass is 16.5. The van der Waals surface area contributed by atoms with E-state index in [1.165, 1.54) is 12.0 Å². The molecule has 37 heavy (non-hydrogen) atoms. The highest BCUT2D eigenvalue weighted by Crippen LogP contribution is 2.37. The fourth-order valence-corrected chi connectivity index (χ4v) is 4.15. The molecule has 0 radical (unpaired) electrons. The molecule has 10 heteroatoms. The summed E-state index contributed by atoms with van der Waals surface area (Å²) in [6, 6.07) is 10.9. The van der Waals surface area contributed by atoms with Gasteiger partial charge in [-0.2, -0.15) is 5.26 Å². The van der Waals surface area contributed by atoms with Crippen LogP contribution in [0.2, 0.25) is 0 Å². The Hall–Kier alpha value is -4.49. The van der Waals surface area contributed by atoms with Gasteiger partial charge in [-0.25, -0.2) is 4.98 Å². The van der Waals surface area contributed by atoms with Crippen LogP contribution in [0.1, 0.15) is 29.0 Å². The van der Waals surface area contributed by atoms with Crippen LogP contribution in [-0.2, 0) is 4.74 Å². The Balaban J connectivity index is 1.51. The molecule has 10 nitrogen and oxygen atoms in total. The fraction of sp³-hybridized carbons (Fsp3) is 0.296. The maximum Gasteiger partial charge on any atom is 0.272 e. The standard InChI is InChI=1S/C27H25N5O5/c1-32(2)27(33)21-13-24(34-3)18(15-30-21)25-12-20-26(37-25)17(6-9-29-20)19-4-5-23(22(14-28)31-19)36-16-7-10-35-11-8-16/h4-6,9,12-13,15-16H,7-8,10-11H2,1-3H3. The third kappa shape index (κ3) is 4.81. The lowest BCUT2D eigenvalue weighted by molar-refractivity contribution is 0.0253. The largest absolute Gasteiger partial charge is 0.496 e. The van der Waals surface area contributed by atoms with Crippen LogP contribution in [0.15, 0.2) is 47.1 Å². The molecule has 0 aliphatic carbocycles. The van der Waals surface area contributed by atoms with Gasteiger partial charge in [0, 0.05) is 57.0 Å². The van der Waals surface area contributed by atoms with E-state index in [1.54, 1.807) is 56.8 Å². The van der Waals surface area contributed by atoms with Gasteiger partial charge in [0.1, 0.15) is 34.9 Å². The van der Waals surface area contributed by atoms with Gasteiger partial charge in [0.2, 0.25) is 0 Å². The molecule has 1 aliphatic rings. The number of nitrogens with zero attached hydrogens (tertiary/aromatic N) is 5. The van der Waals surface area contributed by atoms with Crippen LogP contribution in [0.5, 0.6) is 11.5 Å². The van der Waals surface area contributed by atoms with Gasteiger partial charge < -0.3 is 23.5 Å². The minimum absolute atomic E-state index is 0.00300. The number of methoxy groups -OCH3 is 1. The molecule has 0 N–H and O–H groups in total. The predicted octanol–water partition coefficient (Wildman–Crippen LogP) is 4.09. The van der Waals surface area contributed by atoms with Crippen molar-refractivity contribution in [2.24, 2.45) is 0 Å². The molecule has 0 atom stereocenters. The van der Waals surface area contributed by atoms with Gasteiger partial charge in [0.05, 0.1) is 31.6 Å². The molecule has 5 rings (SSSR count). The summed E-state index contributed by atoms with van der Waals surface area (Å²) in [5.74, 6) is 1.14. The molecule has 0 bridgehead atoms. The number of hydrogen-bond acceptors (Lipinski definition) is 9. The summed E-state index contributed by atoms with van der Waals surface area (Å²) < 4.78 is 23.2. The van der Waals surface area contributed by atoms with Crippen molar-refractivity contribution in [1.82, 2.24) is 19.9 Å². The number of carbonyl (C=O) groups is 1. The Kier molecular flexibility index (Phi) is 6.70. The Morgan fingerprint density at radius 1 is 1.11 bits per heavy atom. The molecule has 188 valence electrons. The average molecular weight is 500 g/mol. The summed E-state index contributed by atoms with van der Waals surface area (Å²) in [4.78, 5) is 27.0. The average Bonchev–Trinajstić information content (AvgIpc) is 3.37. The maximum absolute atomic E-state index is 12.3. The monoisotopic (exact) mass is 499 g/mol. The molecule has 0 saturated carbocycles. The summed E-state index contributed by atoms with van der Waals surface area (Å²) in [5.41, 5.74) is 3.38. The zero-order valence-electron chi connectivity index (χ0n) is 20.7. The molecule has 4 aromatic heterocycles. The molecule has 0 unspecified atom stereocenters. The lowest BCUT2D eigenvalue weighted by Gasteiger charge is -2.23. The van der Waals surface area contributed by atoms with E-state index in [1.807, 2.05) is 0 Å². The van der Waals surface area contributed by atoms with Gasteiger partial charge in [-0.15, -0.1) is 0 Å². The first-order valence-corrected chi connectivity index (χ1v) is 11.8. The molecule has 1 amide bonds. The summed E-state index contributed by atoms with van der Waals surface area (Å²) >= 11 is 0. The van der Waals surface area contributed by atoms with E-state index >= 15 is 0 Å². The minimum Gasteiger partial charge on any atom is -0.496 e. The van der Waals surface area contributed by atoms with Gasteiger partial charge in [-0.05, 0) is 18.2 Å². The van der Waals surface area contributed by atoms with Crippen LogP contribution in [0, 0.1) is 11.3 Å². The molecule has 1 fully saturated rings. The highest BCUT2D eigenvalue weighted by Gasteiger charge is 2.21. The maximum atomic E-state index is 12.3. The first-order chi connectivity index (χ1) is 18.0. The third-order valence-corrected chi connectivity index (χ3v) is 6.09. The third-order valence-electron chi connectivity index (χ3n) is 6.09. The van der Waals surface area contributed by atoms with E-state index in [0.29, 0.717) is 58.4 Å². The summed E-state index contributed by atoms with van der Waals surface area (Å²) in [7, 11) is 4.84. The number of hydrogen-bond donors (Lipinski definition) is 0. The molecule has 4 aromatic rings. The van der Waals surface area contributed by atoms with Crippen molar-refractivity contribution in [2.75, 3.05) is 34.4 Å². The number of carbonyl (C=O) groups excluding carboxylic acids is 1. The fourth-order valence-electron chi connectivity index (χ4n) is 4.15. The molecule has 0 spiro atoms. The van der Waals surface area contributed by atoms with Crippen molar-refractivity contribution in [1.29, 1.82) is 5.26 Å².